The summed E-state index contributed by atoms with van der Waals surface area (Å²) in [5, 5.41) is 10.5. The van der Waals surface area contributed by atoms with Gasteiger partial charge in [-0.15, -0.1) is 0 Å². The summed E-state index contributed by atoms with van der Waals surface area (Å²) < 4.78 is 45.4. The first-order chi connectivity index (χ1) is 11.6. The van der Waals surface area contributed by atoms with Crippen molar-refractivity contribution < 1.29 is 22.7 Å². The van der Waals surface area contributed by atoms with Gasteiger partial charge in [0.05, 0.1) is 17.6 Å². The van der Waals surface area contributed by atoms with Gasteiger partial charge in [0.2, 0.25) is 10.0 Å². The molecule has 0 spiro atoms. The summed E-state index contributed by atoms with van der Waals surface area (Å²) in [7, 11) is -2.27. The summed E-state index contributed by atoms with van der Waals surface area (Å²) in [6.45, 7) is 2.91. The first-order valence-electron chi connectivity index (χ1n) is 7.74. The largest absolute Gasteiger partial charge is 0.497 e. The smallest absolute Gasteiger partial charge is 0.240 e. The number of aliphatic hydroxyl groups is 1. The van der Waals surface area contributed by atoms with Crippen molar-refractivity contribution in [2.75, 3.05) is 13.7 Å². The zero-order valence-corrected chi connectivity index (χ0v) is 15.2. The van der Waals surface area contributed by atoms with Crippen LogP contribution in [0.4, 0.5) is 4.39 Å². The zero-order valence-electron chi connectivity index (χ0n) is 14.4. The second-order valence-corrected chi connectivity index (χ2v) is 7.99. The number of ether oxygens (including phenoxy) is 1. The first-order valence-corrected chi connectivity index (χ1v) is 9.22. The molecule has 0 aliphatic heterocycles. The molecule has 7 heteroatoms. The third-order valence-electron chi connectivity index (χ3n) is 3.81. The van der Waals surface area contributed by atoms with Crippen LogP contribution in [0.5, 0.6) is 5.75 Å². The Bertz CT molecular complexity index is 833. The van der Waals surface area contributed by atoms with Gasteiger partial charge >= 0.3 is 0 Å². The highest BCUT2D eigenvalue weighted by atomic mass is 32.2. The molecule has 0 bridgehead atoms. The van der Waals surface area contributed by atoms with E-state index in [0.29, 0.717) is 11.3 Å². The molecular weight excluding hydrogens is 345 g/mol. The molecule has 136 valence electrons. The second-order valence-electron chi connectivity index (χ2n) is 6.26. The van der Waals surface area contributed by atoms with Crippen LogP contribution in [0.25, 0.3) is 0 Å². The Morgan fingerprint density at radius 1 is 1.20 bits per heavy atom. The van der Waals surface area contributed by atoms with Gasteiger partial charge in [0, 0.05) is 13.0 Å². The first kappa shape index (κ1) is 19.4. The number of aryl methyl sites for hydroxylation is 1. The van der Waals surface area contributed by atoms with Crippen molar-refractivity contribution in [2.45, 2.75) is 30.8 Å². The Hall–Kier alpha value is -1.96. The predicted octanol–water partition coefficient (Wildman–Crippen LogP) is 2.41. The minimum atomic E-state index is -3.84. The standard InChI is InChI=1S/C18H22FNO4S/c1-13-10-15(19)6-9-17(13)25(22,23)20-12-18(2,21)11-14-4-7-16(24-3)8-5-14/h4-10,20-21H,11-12H2,1-3H3/t18-/m1/s1. The number of nitrogens with one attached hydrogen (secondary N) is 1. The monoisotopic (exact) mass is 367 g/mol. The Balaban J connectivity index is 2.06. The van der Waals surface area contributed by atoms with Gasteiger partial charge < -0.3 is 9.84 Å². The molecule has 2 rings (SSSR count). The van der Waals surface area contributed by atoms with E-state index in [-0.39, 0.29) is 17.9 Å². The molecule has 5 nitrogen and oxygen atoms in total. The van der Waals surface area contributed by atoms with Crippen LogP contribution in [0.3, 0.4) is 0 Å². The molecule has 0 saturated carbocycles. The van der Waals surface area contributed by atoms with Crippen LogP contribution in [0.2, 0.25) is 0 Å². The molecule has 2 aromatic rings. The molecule has 0 amide bonds. The molecule has 1 atom stereocenters. The number of halogens is 1. The lowest BCUT2D eigenvalue weighted by atomic mass is 9.97. The molecule has 0 radical (unpaired) electrons. The molecule has 0 aliphatic carbocycles. The fourth-order valence-electron chi connectivity index (χ4n) is 2.49. The molecule has 0 aromatic heterocycles. The summed E-state index contributed by atoms with van der Waals surface area (Å²) in [6, 6.07) is 10.6. The van der Waals surface area contributed by atoms with Crippen LogP contribution >= 0.6 is 0 Å². The third-order valence-corrected chi connectivity index (χ3v) is 5.37. The number of benzene rings is 2. The average molecular weight is 367 g/mol. The van der Waals surface area contributed by atoms with Crippen molar-refractivity contribution in [1.29, 1.82) is 0 Å². The molecule has 25 heavy (non-hydrogen) atoms. The van der Waals surface area contributed by atoms with E-state index in [1.807, 2.05) is 12.1 Å². The molecule has 0 unspecified atom stereocenters. The zero-order chi connectivity index (χ0) is 18.7. The van der Waals surface area contributed by atoms with Gasteiger partial charge in [0.15, 0.2) is 0 Å². The van der Waals surface area contributed by atoms with E-state index in [2.05, 4.69) is 4.72 Å². The lowest BCUT2D eigenvalue weighted by molar-refractivity contribution is 0.0657. The Morgan fingerprint density at radius 3 is 2.40 bits per heavy atom. The summed E-state index contributed by atoms with van der Waals surface area (Å²) in [5.74, 6) is 0.207. The van der Waals surface area contributed by atoms with Crippen LogP contribution < -0.4 is 9.46 Å². The SMILES string of the molecule is COc1ccc(C[C@@](C)(O)CNS(=O)(=O)c2ccc(F)cc2C)cc1. The number of hydrogen-bond donors (Lipinski definition) is 2. The molecule has 2 aromatic carbocycles. The summed E-state index contributed by atoms with van der Waals surface area (Å²) in [5.41, 5.74) is -0.125. The average Bonchev–Trinajstić information content (AvgIpc) is 2.53. The molecule has 0 aliphatic rings. The lowest BCUT2D eigenvalue weighted by Crippen LogP contribution is -2.42. The summed E-state index contributed by atoms with van der Waals surface area (Å²) >= 11 is 0. The predicted molar refractivity (Wildman–Crippen MR) is 93.6 cm³/mol. The lowest BCUT2D eigenvalue weighted by Gasteiger charge is -2.24. The van der Waals surface area contributed by atoms with Crippen LogP contribution in [0.15, 0.2) is 47.4 Å². The summed E-state index contributed by atoms with van der Waals surface area (Å²) in [4.78, 5) is -0.00542. The van der Waals surface area contributed by atoms with Crippen molar-refractivity contribution in [1.82, 2.24) is 4.72 Å². The van der Waals surface area contributed by atoms with Gasteiger partial charge in [-0.1, -0.05) is 12.1 Å². The normalized spacial score (nSPS) is 14.1. The summed E-state index contributed by atoms with van der Waals surface area (Å²) in [6.07, 6.45) is 0.266. The fraction of sp³-hybridized carbons (Fsp3) is 0.333. The van der Waals surface area contributed by atoms with E-state index < -0.39 is 21.4 Å². The Labute approximate surface area is 147 Å². The van der Waals surface area contributed by atoms with Crippen molar-refractivity contribution in [3.63, 3.8) is 0 Å². The molecule has 0 saturated heterocycles. The second kappa shape index (κ2) is 7.51. The minimum absolute atomic E-state index is 0.00542. The quantitative estimate of drug-likeness (QED) is 0.788. The van der Waals surface area contributed by atoms with E-state index in [4.69, 9.17) is 4.74 Å². The van der Waals surface area contributed by atoms with E-state index in [1.54, 1.807) is 26.2 Å². The van der Waals surface area contributed by atoms with Gasteiger partial charge in [-0.25, -0.2) is 17.5 Å². The number of hydrogen-bond acceptors (Lipinski definition) is 4. The van der Waals surface area contributed by atoms with Crippen molar-refractivity contribution in [3.8, 4) is 5.75 Å². The van der Waals surface area contributed by atoms with Gasteiger partial charge in [-0.05, 0) is 55.3 Å². The van der Waals surface area contributed by atoms with E-state index in [1.165, 1.54) is 13.0 Å². The number of rotatable bonds is 7. The minimum Gasteiger partial charge on any atom is -0.497 e. The topological polar surface area (TPSA) is 75.6 Å². The number of sulfonamides is 1. The molecular formula is C18H22FNO4S. The van der Waals surface area contributed by atoms with Gasteiger partial charge in [-0.2, -0.15) is 0 Å². The Morgan fingerprint density at radius 2 is 1.84 bits per heavy atom. The molecule has 0 fully saturated rings. The molecule has 0 heterocycles. The van der Waals surface area contributed by atoms with Crippen molar-refractivity contribution >= 4 is 10.0 Å². The van der Waals surface area contributed by atoms with Crippen LogP contribution in [-0.4, -0.2) is 32.8 Å². The molecule has 2 N–H and O–H groups in total. The van der Waals surface area contributed by atoms with E-state index in [0.717, 1.165) is 17.7 Å². The highest BCUT2D eigenvalue weighted by Crippen LogP contribution is 2.19. The van der Waals surface area contributed by atoms with Crippen LogP contribution in [0.1, 0.15) is 18.1 Å². The maximum absolute atomic E-state index is 13.1. The maximum Gasteiger partial charge on any atom is 0.240 e. The maximum atomic E-state index is 13.1. The van der Waals surface area contributed by atoms with Gasteiger partial charge in [0.1, 0.15) is 11.6 Å². The third kappa shape index (κ3) is 5.26. The van der Waals surface area contributed by atoms with Crippen LogP contribution in [-0.2, 0) is 16.4 Å². The Kier molecular flexibility index (Phi) is 5.82. The number of methoxy groups -OCH3 is 1. The van der Waals surface area contributed by atoms with Crippen molar-refractivity contribution in [2.24, 2.45) is 0 Å². The van der Waals surface area contributed by atoms with E-state index in [9.17, 15) is 17.9 Å². The highest BCUT2D eigenvalue weighted by Gasteiger charge is 2.25. The van der Waals surface area contributed by atoms with E-state index >= 15 is 0 Å². The highest BCUT2D eigenvalue weighted by molar-refractivity contribution is 7.89. The van der Waals surface area contributed by atoms with Crippen molar-refractivity contribution in [3.05, 3.63) is 59.4 Å². The fourth-order valence-corrected chi connectivity index (χ4v) is 3.87. The van der Waals surface area contributed by atoms with Gasteiger partial charge in [-0.3, -0.25) is 0 Å². The van der Waals surface area contributed by atoms with Crippen LogP contribution in [0, 0.1) is 12.7 Å². The van der Waals surface area contributed by atoms with Gasteiger partial charge in [0.25, 0.3) is 0 Å².